The van der Waals surface area contributed by atoms with Crippen molar-refractivity contribution >= 4 is 11.7 Å². The van der Waals surface area contributed by atoms with E-state index in [0.29, 0.717) is 0 Å². The minimum atomic E-state index is -0.930. The summed E-state index contributed by atoms with van der Waals surface area (Å²) in [5.41, 5.74) is 6.18. The van der Waals surface area contributed by atoms with Crippen molar-refractivity contribution in [2.45, 2.75) is 0 Å². The Kier molecular flexibility index (Phi) is 2.92. The van der Waals surface area contributed by atoms with Crippen LogP contribution in [0.3, 0.4) is 0 Å². The topological polar surface area (TPSA) is 75.3 Å². The van der Waals surface area contributed by atoms with Gasteiger partial charge >= 0.3 is 5.97 Å². The lowest BCUT2D eigenvalue weighted by Crippen LogP contribution is -1.96. The average molecular weight is 178 g/mol. The van der Waals surface area contributed by atoms with E-state index in [1.165, 1.54) is 18.3 Å². The fourth-order valence-corrected chi connectivity index (χ4v) is 0.853. The van der Waals surface area contributed by atoms with Crippen molar-refractivity contribution in [2.75, 3.05) is 5.32 Å². The molecular weight excluding hydrogens is 168 g/mol. The molecule has 4 N–H and O–H groups in total. The van der Waals surface area contributed by atoms with Gasteiger partial charge in [0.05, 0.1) is 5.56 Å². The Morgan fingerprint density at radius 2 is 2.00 bits per heavy atom. The number of anilines is 1. The summed E-state index contributed by atoms with van der Waals surface area (Å²) in [6.07, 6.45) is 2.93. The van der Waals surface area contributed by atoms with Crippen LogP contribution in [0.2, 0.25) is 0 Å². The number of aromatic carboxylic acids is 1. The molecule has 4 heteroatoms. The molecule has 0 aliphatic rings. The van der Waals surface area contributed by atoms with E-state index in [1.54, 1.807) is 18.3 Å². The van der Waals surface area contributed by atoms with E-state index in [0.717, 1.165) is 5.69 Å². The number of carbonyl (C=O) groups is 1. The molecule has 0 fully saturated rings. The van der Waals surface area contributed by atoms with E-state index < -0.39 is 5.97 Å². The maximum absolute atomic E-state index is 10.5. The van der Waals surface area contributed by atoms with Crippen molar-refractivity contribution in [3.8, 4) is 0 Å². The molecule has 1 aromatic rings. The van der Waals surface area contributed by atoms with Gasteiger partial charge in [0, 0.05) is 18.1 Å². The Hall–Kier alpha value is -1.97. The zero-order valence-electron chi connectivity index (χ0n) is 6.90. The molecular formula is C9H10N2O2. The molecule has 0 amide bonds. The summed E-state index contributed by atoms with van der Waals surface area (Å²) in [5.74, 6) is -0.930. The highest BCUT2D eigenvalue weighted by Crippen LogP contribution is 2.08. The fraction of sp³-hybridized carbons (Fsp3) is 0. The number of carboxylic acids is 1. The quantitative estimate of drug-likeness (QED) is 0.650. The van der Waals surface area contributed by atoms with E-state index in [2.05, 4.69) is 5.32 Å². The van der Waals surface area contributed by atoms with Gasteiger partial charge in [-0.15, -0.1) is 0 Å². The summed E-state index contributed by atoms with van der Waals surface area (Å²) in [6.45, 7) is 0. The van der Waals surface area contributed by atoms with Crippen LogP contribution in [0.4, 0.5) is 5.69 Å². The van der Waals surface area contributed by atoms with Gasteiger partial charge in [-0.05, 0) is 24.3 Å². The standard InChI is InChI=1S/C9H10N2O2/c10-5-6-11-8-3-1-7(2-4-8)9(12)13/h1-6,11H,10H2,(H,12,13)/b6-5-. The number of carboxylic acid groups (broad SMARTS) is 1. The summed E-state index contributed by atoms with van der Waals surface area (Å²) in [7, 11) is 0. The first-order valence-electron chi connectivity index (χ1n) is 3.70. The predicted molar refractivity (Wildman–Crippen MR) is 50.4 cm³/mol. The largest absolute Gasteiger partial charge is 0.478 e. The maximum Gasteiger partial charge on any atom is 0.335 e. The second kappa shape index (κ2) is 4.15. The van der Waals surface area contributed by atoms with Gasteiger partial charge in [0.2, 0.25) is 0 Å². The lowest BCUT2D eigenvalue weighted by atomic mass is 10.2. The van der Waals surface area contributed by atoms with E-state index in [-0.39, 0.29) is 5.56 Å². The molecule has 0 aromatic heterocycles. The molecule has 4 nitrogen and oxygen atoms in total. The average Bonchev–Trinajstić information content (AvgIpc) is 2.15. The van der Waals surface area contributed by atoms with E-state index in [4.69, 9.17) is 10.8 Å². The van der Waals surface area contributed by atoms with E-state index in [9.17, 15) is 4.79 Å². The van der Waals surface area contributed by atoms with Crippen molar-refractivity contribution < 1.29 is 9.90 Å². The monoisotopic (exact) mass is 178 g/mol. The Labute approximate surface area is 75.7 Å². The van der Waals surface area contributed by atoms with Gasteiger partial charge < -0.3 is 16.2 Å². The third-order valence-corrected chi connectivity index (χ3v) is 1.48. The van der Waals surface area contributed by atoms with Gasteiger partial charge in [0.15, 0.2) is 0 Å². The molecule has 1 rings (SSSR count). The minimum Gasteiger partial charge on any atom is -0.478 e. The number of hydrogen-bond acceptors (Lipinski definition) is 3. The smallest absolute Gasteiger partial charge is 0.335 e. The zero-order valence-corrected chi connectivity index (χ0v) is 6.90. The van der Waals surface area contributed by atoms with Gasteiger partial charge in [-0.25, -0.2) is 4.79 Å². The van der Waals surface area contributed by atoms with E-state index in [1.807, 2.05) is 0 Å². The van der Waals surface area contributed by atoms with Gasteiger partial charge in [0.1, 0.15) is 0 Å². The summed E-state index contributed by atoms with van der Waals surface area (Å²) < 4.78 is 0. The molecule has 0 aliphatic heterocycles. The highest BCUT2D eigenvalue weighted by molar-refractivity contribution is 5.88. The first-order chi connectivity index (χ1) is 6.24. The SMILES string of the molecule is N/C=C\Nc1ccc(C(=O)O)cc1. The molecule has 68 valence electrons. The molecule has 0 aliphatic carbocycles. The van der Waals surface area contributed by atoms with Crippen molar-refractivity contribution in [1.29, 1.82) is 0 Å². The lowest BCUT2D eigenvalue weighted by Gasteiger charge is -1.99. The summed E-state index contributed by atoms with van der Waals surface area (Å²) in [5, 5.41) is 11.5. The van der Waals surface area contributed by atoms with Gasteiger partial charge in [-0.3, -0.25) is 0 Å². The van der Waals surface area contributed by atoms with Gasteiger partial charge in [-0.1, -0.05) is 0 Å². The Bertz CT molecular complexity index is 317. The van der Waals surface area contributed by atoms with Crippen LogP contribution in [0.15, 0.2) is 36.7 Å². The van der Waals surface area contributed by atoms with E-state index >= 15 is 0 Å². The number of rotatable bonds is 3. The first kappa shape index (κ1) is 9.12. The van der Waals surface area contributed by atoms with Crippen LogP contribution >= 0.6 is 0 Å². The zero-order chi connectivity index (χ0) is 9.68. The predicted octanol–water partition coefficient (Wildman–Crippen LogP) is 1.23. The molecule has 0 heterocycles. The van der Waals surface area contributed by atoms with Crippen LogP contribution in [0.5, 0.6) is 0 Å². The van der Waals surface area contributed by atoms with Crippen LogP contribution in [0.25, 0.3) is 0 Å². The lowest BCUT2D eigenvalue weighted by molar-refractivity contribution is 0.0697. The molecule has 0 unspecified atom stereocenters. The molecule has 0 saturated carbocycles. The van der Waals surface area contributed by atoms with Gasteiger partial charge in [0.25, 0.3) is 0 Å². The van der Waals surface area contributed by atoms with Crippen molar-refractivity contribution in [1.82, 2.24) is 0 Å². The van der Waals surface area contributed by atoms with Crippen LogP contribution in [0, 0.1) is 0 Å². The van der Waals surface area contributed by atoms with Crippen LogP contribution in [-0.4, -0.2) is 11.1 Å². The van der Waals surface area contributed by atoms with Crippen LogP contribution in [0.1, 0.15) is 10.4 Å². The van der Waals surface area contributed by atoms with Crippen molar-refractivity contribution in [2.24, 2.45) is 5.73 Å². The Balaban J connectivity index is 2.75. The molecule has 0 bridgehead atoms. The highest BCUT2D eigenvalue weighted by Gasteiger charge is 1.99. The van der Waals surface area contributed by atoms with Crippen LogP contribution < -0.4 is 11.1 Å². The van der Waals surface area contributed by atoms with Gasteiger partial charge in [-0.2, -0.15) is 0 Å². The van der Waals surface area contributed by atoms with Crippen molar-refractivity contribution in [3.05, 3.63) is 42.2 Å². The van der Waals surface area contributed by atoms with Crippen molar-refractivity contribution in [3.63, 3.8) is 0 Å². The Morgan fingerprint density at radius 3 is 2.46 bits per heavy atom. The number of benzene rings is 1. The molecule has 1 aromatic carbocycles. The minimum absolute atomic E-state index is 0.266. The maximum atomic E-state index is 10.5. The summed E-state index contributed by atoms with van der Waals surface area (Å²) in [6, 6.07) is 6.39. The summed E-state index contributed by atoms with van der Waals surface area (Å²) in [4.78, 5) is 10.5. The molecule has 0 atom stereocenters. The second-order valence-corrected chi connectivity index (χ2v) is 2.39. The highest BCUT2D eigenvalue weighted by atomic mass is 16.4. The number of nitrogens with two attached hydrogens (primary N) is 1. The first-order valence-corrected chi connectivity index (χ1v) is 3.70. The fourth-order valence-electron chi connectivity index (χ4n) is 0.853. The molecule has 0 saturated heterocycles. The molecule has 0 radical (unpaired) electrons. The number of hydrogen-bond donors (Lipinski definition) is 3. The molecule has 13 heavy (non-hydrogen) atoms. The molecule has 0 spiro atoms. The summed E-state index contributed by atoms with van der Waals surface area (Å²) >= 11 is 0. The Morgan fingerprint density at radius 1 is 1.38 bits per heavy atom. The second-order valence-electron chi connectivity index (χ2n) is 2.39. The number of nitrogens with one attached hydrogen (secondary N) is 1. The van der Waals surface area contributed by atoms with Crippen LogP contribution in [-0.2, 0) is 0 Å². The third-order valence-electron chi connectivity index (χ3n) is 1.48. The normalized spacial score (nSPS) is 10.2. The third kappa shape index (κ3) is 2.52.